The fourth-order valence-corrected chi connectivity index (χ4v) is 5.89. The molecule has 1 aliphatic carbocycles. The van der Waals surface area contributed by atoms with E-state index < -0.39 is 8.32 Å². The summed E-state index contributed by atoms with van der Waals surface area (Å²) in [6, 6.07) is 17.8. The molecule has 1 saturated carbocycles. The van der Waals surface area contributed by atoms with Gasteiger partial charge in [-0.25, -0.2) is 0 Å². The predicted molar refractivity (Wildman–Crippen MR) is 159 cm³/mol. The van der Waals surface area contributed by atoms with Crippen LogP contribution in [0.2, 0.25) is 18.1 Å². The van der Waals surface area contributed by atoms with Crippen LogP contribution in [0.15, 0.2) is 47.0 Å². The molecule has 1 aromatic heterocycles. The molecule has 0 atom stereocenters. The van der Waals surface area contributed by atoms with Gasteiger partial charge in [0, 0.05) is 30.1 Å². The van der Waals surface area contributed by atoms with Crippen LogP contribution in [0.4, 0.5) is 11.4 Å². The Morgan fingerprint density at radius 1 is 1.05 bits per heavy atom. The first kappa shape index (κ1) is 28.1. The lowest BCUT2D eigenvalue weighted by molar-refractivity contribution is 0.280. The maximum Gasteiger partial charge on any atom is 0.191 e. The molecule has 6 heteroatoms. The normalized spacial score (nSPS) is 14.8. The van der Waals surface area contributed by atoms with E-state index in [9.17, 15) is 5.26 Å². The largest absolute Gasteiger partial charge is 0.417 e. The Kier molecular flexibility index (Phi) is 7.93. The first-order chi connectivity index (χ1) is 17.9. The summed E-state index contributed by atoms with van der Waals surface area (Å²) in [5.74, 6) is 0.835. The van der Waals surface area contributed by atoms with Gasteiger partial charge in [0.1, 0.15) is 5.76 Å². The molecule has 1 fully saturated rings. The molecule has 0 radical (unpaired) electrons. The van der Waals surface area contributed by atoms with Crippen molar-refractivity contribution in [1.82, 2.24) is 5.16 Å². The molecule has 0 saturated heterocycles. The third kappa shape index (κ3) is 5.74. The molecule has 1 aliphatic rings. The number of hydrogen-bond donors (Lipinski definition) is 0. The van der Waals surface area contributed by atoms with Crippen LogP contribution in [-0.2, 0) is 9.84 Å². The molecule has 0 amide bonds. The third-order valence-corrected chi connectivity index (χ3v) is 13.1. The molecule has 0 N–H and O–H groups in total. The zero-order valence-electron chi connectivity index (χ0n) is 24.4. The number of nitriles is 1. The Morgan fingerprint density at radius 2 is 1.74 bits per heavy atom. The van der Waals surface area contributed by atoms with Gasteiger partial charge in [0.25, 0.3) is 0 Å². The van der Waals surface area contributed by atoms with Gasteiger partial charge in [0.2, 0.25) is 0 Å². The Bertz CT molecular complexity index is 1290. The topological polar surface area (TPSA) is 62.3 Å². The molecule has 202 valence electrons. The van der Waals surface area contributed by atoms with E-state index in [1.54, 1.807) is 0 Å². The number of rotatable bonds is 10. The fourth-order valence-electron chi connectivity index (χ4n) is 4.81. The molecule has 0 aliphatic heterocycles. The van der Waals surface area contributed by atoms with E-state index in [-0.39, 0.29) is 10.5 Å². The Balaban J connectivity index is 1.60. The third-order valence-electron chi connectivity index (χ3n) is 8.56. The molecular formula is C32H43N3O2Si. The fraction of sp³-hybridized carbons (Fsp3) is 0.500. The van der Waals surface area contributed by atoms with Crippen LogP contribution in [-0.4, -0.2) is 26.6 Å². The van der Waals surface area contributed by atoms with E-state index in [1.165, 1.54) is 11.3 Å². The molecule has 0 spiro atoms. The maximum atomic E-state index is 9.66. The van der Waals surface area contributed by atoms with Crippen LogP contribution < -0.4 is 4.90 Å². The summed E-state index contributed by atoms with van der Waals surface area (Å²) in [4.78, 5) is 2.42. The minimum absolute atomic E-state index is 0.221. The molecule has 5 nitrogen and oxygen atoms in total. The average molecular weight is 530 g/mol. The monoisotopic (exact) mass is 529 g/mol. The summed E-state index contributed by atoms with van der Waals surface area (Å²) in [7, 11) is -1.74. The molecule has 38 heavy (non-hydrogen) atoms. The van der Waals surface area contributed by atoms with E-state index in [0.29, 0.717) is 0 Å². The van der Waals surface area contributed by atoms with Crippen molar-refractivity contribution in [2.45, 2.75) is 90.8 Å². The lowest BCUT2D eigenvalue weighted by Gasteiger charge is -2.36. The molecular weight excluding hydrogens is 486 g/mol. The molecule has 4 rings (SSSR count). The lowest BCUT2D eigenvalue weighted by Crippen LogP contribution is -2.41. The quantitative estimate of drug-likeness (QED) is 0.194. The van der Waals surface area contributed by atoms with Crippen LogP contribution in [0.25, 0.3) is 11.1 Å². The number of aromatic nitrogens is 1. The van der Waals surface area contributed by atoms with E-state index in [2.05, 4.69) is 99.4 Å². The number of anilines is 2. The SMILES string of the molecule is Cc1ccc(-c2c(C)noc2C)cc1N(CCCCO[Si](C)(C)C(C)(C)C)c1ccc(C2(C#N)CC2)cc1. The highest BCUT2D eigenvalue weighted by molar-refractivity contribution is 6.74. The van der Waals surface area contributed by atoms with Crippen LogP contribution in [0.5, 0.6) is 0 Å². The van der Waals surface area contributed by atoms with Gasteiger partial charge in [0.05, 0.1) is 17.2 Å². The second-order valence-electron chi connectivity index (χ2n) is 12.4. The van der Waals surface area contributed by atoms with E-state index in [0.717, 1.165) is 72.7 Å². The summed E-state index contributed by atoms with van der Waals surface area (Å²) in [6.07, 6.45) is 3.95. The lowest BCUT2D eigenvalue weighted by atomic mass is 9.97. The number of nitrogens with zero attached hydrogens (tertiary/aromatic N) is 3. The molecule has 0 bridgehead atoms. The summed E-state index contributed by atoms with van der Waals surface area (Å²) in [6.45, 7) is 19.3. The number of unbranched alkanes of at least 4 members (excludes halogenated alkanes) is 1. The molecule has 3 aromatic rings. The highest BCUT2D eigenvalue weighted by Gasteiger charge is 2.44. The standard InChI is InChI=1S/C32H43N3O2Si/c1-23-11-12-26(30-24(2)34-37-25(30)3)21-29(23)35(19-9-10-20-36-38(7,8)31(4,5)6)28-15-13-27(14-16-28)32(22-33)17-18-32/h11-16,21H,9-10,17-20H2,1-8H3. The number of aryl methyl sites for hydroxylation is 3. The smallest absolute Gasteiger partial charge is 0.191 e. The van der Waals surface area contributed by atoms with Crippen molar-refractivity contribution < 1.29 is 8.95 Å². The molecule has 2 aromatic carbocycles. The van der Waals surface area contributed by atoms with Gasteiger partial charge in [-0.1, -0.05) is 50.2 Å². The predicted octanol–water partition coefficient (Wildman–Crippen LogP) is 8.76. The molecule has 1 heterocycles. The van der Waals surface area contributed by atoms with Crippen molar-refractivity contribution in [2.75, 3.05) is 18.1 Å². The van der Waals surface area contributed by atoms with E-state index >= 15 is 0 Å². The Morgan fingerprint density at radius 3 is 2.29 bits per heavy atom. The van der Waals surface area contributed by atoms with E-state index in [4.69, 9.17) is 8.95 Å². The van der Waals surface area contributed by atoms with Crippen LogP contribution in [0, 0.1) is 32.1 Å². The van der Waals surface area contributed by atoms with Crippen LogP contribution in [0.1, 0.15) is 69.0 Å². The summed E-state index contributed by atoms with van der Waals surface area (Å²) >= 11 is 0. The first-order valence-corrected chi connectivity index (χ1v) is 16.8. The van der Waals surface area contributed by atoms with E-state index in [1.807, 2.05) is 13.8 Å². The second-order valence-corrected chi connectivity index (χ2v) is 17.2. The minimum Gasteiger partial charge on any atom is -0.417 e. The second kappa shape index (κ2) is 10.7. The zero-order valence-corrected chi connectivity index (χ0v) is 25.4. The van der Waals surface area contributed by atoms with Crippen molar-refractivity contribution in [3.63, 3.8) is 0 Å². The van der Waals surface area contributed by atoms with Crippen molar-refractivity contribution in [3.8, 4) is 17.2 Å². The van der Waals surface area contributed by atoms with Gasteiger partial charge < -0.3 is 13.8 Å². The minimum atomic E-state index is -1.74. The zero-order chi connectivity index (χ0) is 27.7. The Labute approximate surface area is 229 Å². The van der Waals surface area contributed by atoms with Gasteiger partial charge in [-0.2, -0.15) is 5.26 Å². The van der Waals surface area contributed by atoms with Crippen molar-refractivity contribution in [1.29, 1.82) is 5.26 Å². The van der Waals surface area contributed by atoms with Crippen molar-refractivity contribution in [2.24, 2.45) is 0 Å². The van der Waals surface area contributed by atoms with Crippen LogP contribution >= 0.6 is 0 Å². The van der Waals surface area contributed by atoms with Gasteiger partial charge in [-0.15, -0.1) is 0 Å². The molecule has 0 unspecified atom stereocenters. The summed E-state index contributed by atoms with van der Waals surface area (Å²) in [5.41, 5.74) is 7.49. The van der Waals surface area contributed by atoms with Crippen LogP contribution in [0.3, 0.4) is 0 Å². The maximum absolute atomic E-state index is 9.66. The number of hydrogen-bond acceptors (Lipinski definition) is 5. The van der Waals surface area contributed by atoms with Crippen molar-refractivity contribution >= 4 is 19.7 Å². The van der Waals surface area contributed by atoms with Gasteiger partial charge in [0.15, 0.2) is 8.32 Å². The first-order valence-electron chi connectivity index (χ1n) is 13.9. The van der Waals surface area contributed by atoms with Crippen molar-refractivity contribution in [3.05, 3.63) is 65.0 Å². The Hall–Kier alpha value is -2.88. The summed E-state index contributed by atoms with van der Waals surface area (Å²) < 4.78 is 11.9. The van der Waals surface area contributed by atoms with Gasteiger partial charge in [-0.05, 0) is 99.5 Å². The number of benzene rings is 2. The highest BCUT2D eigenvalue weighted by atomic mass is 28.4. The summed E-state index contributed by atoms with van der Waals surface area (Å²) in [5, 5.41) is 14.1. The van der Waals surface area contributed by atoms with Gasteiger partial charge >= 0.3 is 0 Å². The highest BCUT2D eigenvalue weighted by Crippen LogP contribution is 2.48. The average Bonchev–Trinajstić information content (AvgIpc) is 3.60. The van der Waals surface area contributed by atoms with Gasteiger partial charge in [-0.3, -0.25) is 0 Å².